The fourth-order valence-electron chi connectivity index (χ4n) is 2.32. The van der Waals surface area contributed by atoms with E-state index in [0.717, 1.165) is 19.4 Å². The van der Waals surface area contributed by atoms with Crippen LogP contribution < -0.4 is 10.0 Å². The minimum atomic E-state index is -3.72. The Morgan fingerprint density at radius 3 is 2.82 bits per heavy atom. The van der Waals surface area contributed by atoms with Gasteiger partial charge < -0.3 is 14.5 Å². The fraction of sp³-hybridized carbons (Fsp3) is 0.615. The first-order valence-corrected chi connectivity index (χ1v) is 8.40. The highest BCUT2D eigenvalue weighted by molar-refractivity contribution is 7.89. The number of piperidine rings is 1. The Kier molecular flexibility index (Phi) is 6.86. The Labute approximate surface area is 136 Å². The van der Waals surface area contributed by atoms with Crippen molar-refractivity contribution >= 4 is 28.4 Å². The van der Waals surface area contributed by atoms with Crippen molar-refractivity contribution < 1.29 is 22.4 Å². The topological polar surface area (TPSA) is 97.6 Å². The maximum atomic E-state index is 12.5. The lowest BCUT2D eigenvalue weighted by molar-refractivity contribution is 0.0563. The number of halogens is 1. The highest BCUT2D eigenvalue weighted by atomic mass is 35.5. The molecule has 1 unspecified atom stereocenters. The lowest BCUT2D eigenvalue weighted by Crippen LogP contribution is -2.45. The van der Waals surface area contributed by atoms with Crippen LogP contribution in [0, 0.1) is 0 Å². The second kappa shape index (κ2) is 7.96. The van der Waals surface area contributed by atoms with Gasteiger partial charge in [0.1, 0.15) is 10.7 Å². The van der Waals surface area contributed by atoms with Crippen LogP contribution in [0.15, 0.2) is 15.4 Å². The summed E-state index contributed by atoms with van der Waals surface area (Å²) in [5.74, 6) is -0.534. The van der Waals surface area contributed by atoms with Gasteiger partial charge in [-0.05, 0) is 19.4 Å². The van der Waals surface area contributed by atoms with E-state index in [2.05, 4.69) is 14.8 Å². The minimum absolute atomic E-state index is 0. The number of carbonyl (C=O) groups is 1. The summed E-state index contributed by atoms with van der Waals surface area (Å²) in [6.45, 7) is 3.26. The maximum absolute atomic E-state index is 12.5. The lowest BCUT2D eigenvalue weighted by atomic mass is 10.1. The molecule has 2 heterocycles. The van der Waals surface area contributed by atoms with Gasteiger partial charge in [0.2, 0.25) is 15.8 Å². The van der Waals surface area contributed by atoms with Crippen LogP contribution in [0.3, 0.4) is 0 Å². The zero-order valence-electron chi connectivity index (χ0n) is 12.5. The van der Waals surface area contributed by atoms with Gasteiger partial charge in [-0.1, -0.05) is 6.92 Å². The number of sulfonamides is 1. The van der Waals surface area contributed by atoms with Crippen molar-refractivity contribution in [1.29, 1.82) is 0 Å². The van der Waals surface area contributed by atoms with Crippen molar-refractivity contribution in [2.75, 3.05) is 20.2 Å². The third-order valence-electron chi connectivity index (χ3n) is 3.39. The molecular formula is C13H21ClN2O5S. The number of ether oxygens (including phenoxy) is 1. The van der Waals surface area contributed by atoms with Crippen molar-refractivity contribution in [1.82, 2.24) is 10.0 Å². The quantitative estimate of drug-likeness (QED) is 0.769. The Bertz CT molecular complexity index is 608. The molecule has 1 aromatic rings. The molecule has 0 amide bonds. The molecule has 0 spiro atoms. The summed E-state index contributed by atoms with van der Waals surface area (Å²) in [6.07, 6.45) is 2.08. The molecule has 0 aromatic carbocycles. The van der Waals surface area contributed by atoms with Crippen LogP contribution in [0.4, 0.5) is 0 Å². The molecule has 2 N–H and O–H groups in total. The van der Waals surface area contributed by atoms with E-state index in [-0.39, 0.29) is 34.9 Å². The maximum Gasteiger partial charge on any atom is 0.373 e. The van der Waals surface area contributed by atoms with Gasteiger partial charge in [-0.2, -0.15) is 0 Å². The average Bonchev–Trinajstić information content (AvgIpc) is 2.92. The molecule has 9 heteroatoms. The number of aryl methyl sites for hydroxylation is 1. The number of rotatable bonds is 5. The second-order valence-corrected chi connectivity index (χ2v) is 6.59. The molecule has 7 nitrogen and oxygen atoms in total. The van der Waals surface area contributed by atoms with E-state index in [1.165, 1.54) is 13.2 Å². The van der Waals surface area contributed by atoms with E-state index in [0.29, 0.717) is 13.0 Å². The summed E-state index contributed by atoms with van der Waals surface area (Å²) < 4.78 is 37.4. The SMILES string of the molecule is CCc1oc(C(=O)OC)cc1S(=O)(=O)NC1CCCNC1.Cl. The van der Waals surface area contributed by atoms with Gasteiger partial charge in [0, 0.05) is 25.1 Å². The summed E-state index contributed by atoms with van der Waals surface area (Å²) in [5, 5.41) is 3.15. The normalized spacial score (nSPS) is 18.5. The highest BCUT2D eigenvalue weighted by Crippen LogP contribution is 2.22. The molecular weight excluding hydrogens is 332 g/mol. The molecule has 1 aliphatic heterocycles. The largest absolute Gasteiger partial charge is 0.463 e. The Balaban J connectivity index is 0.00000242. The molecule has 126 valence electrons. The molecule has 1 atom stereocenters. The standard InChI is InChI=1S/C13H20N2O5S.ClH/c1-3-10-12(7-11(20-10)13(16)19-2)21(17,18)15-9-5-4-6-14-8-9;/h7,9,14-15H,3-6,8H2,1-2H3;1H. The molecule has 1 aliphatic rings. The van der Waals surface area contributed by atoms with Gasteiger partial charge in [0.25, 0.3) is 0 Å². The van der Waals surface area contributed by atoms with Gasteiger partial charge >= 0.3 is 5.97 Å². The number of hydrogen-bond acceptors (Lipinski definition) is 6. The molecule has 2 rings (SSSR count). The predicted molar refractivity (Wildman–Crippen MR) is 82.9 cm³/mol. The van der Waals surface area contributed by atoms with Gasteiger partial charge in [0.15, 0.2) is 0 Å². The van der Waals surface area contributed by atoms with E-state index in [9.17, 15) is 13.2 Å². The predicted octanol–water partition coefficient (Wildman–Crippen LogP) is 1.08. The summed E-state index contributed by atoms with van der Waals surface area (Å²) in [7, 11) is -2.50. The third kappa shape index (κ3) is 4.22. The molecule has 1 saturated heterocycles. The van der Waals surface area contributed by atoms with Crippen LogP contribution in [-0.2, 0) is 21.2 Å². The van der Waals surface area contributed by atoms with E-state index >= 15 is 0 Å². The van der Waals surface area contributed by atoms with Crippen LogP contribution >= 0.6 is 12.4 Å². The Morgan fingerprint density at radius 2 is 2.27 bits per heavy atom. The summed E-state index contributed by atoms with van der Waals surface area (Å²) in [4.78, 5) is 11.5. The van der Waals surface area contributed by atoms with Crippen molar-refractivity contribution in [2.45, 2.75) is 37.1 Å². The zero-order valence-corrected chi connectivity index (χ0v) is 14.2. The first kappa shape index (κ1) is 19.0. The average molecular weight is 353 g/mol. The van der Waals surface area contributed by atoms with Crippen LogP contribution in [0.25, 0.3) is 0 Å². The van der Waals surface area contributed by atoms with Gasteiger partial charge in [-0.15, -0.1) is 12.4 Å². The molecule has 1 fully saturated rings. The molecule has 22 heavy (non-hydrogen) atoms. The van der Waals surface area contributed by atoms with E-state index in [4.69, 9.17) is 4.42 Å². The van der Waals surface area contributed by atoms with E-state index in [1.807, 2.05) is 0 Å². The molecule has 1 aromatic heterocycles. The van der Waals surface area contributed by atoms with E-state index < -0.39 is 16.0 Å². The number of hydrogen-bond donors (Lipinski definition) is 2. The number of esters is 1. The van der Waals surface area contributed by atoms with Gasteiger partial charge in [0.05, 0.1) is 7.11 Å². The zero-order chi connectivity index (χ0) is 15.5. The Hall–Kier alpha value is -1.09. The van der Waals surface area contributed by atoms with Crippen molar-refractivity contribution in [3.63, 3.8) is 0 Å². The van der Waals surface area contributed by atoms with Crippen LogP contribution in [-0.4, -0.2) is 40.6 Å². The molecule has 0 radical (unpaired) electrons. The fourth-order valence-corrected chi connectivity index (χ4v) is 3.84. The van der Waals surface area contributed by atoms with Crippen LogP contribution in [0.1, 0.15) is 36.1 Å². The van der Waals surface area contributed by atoms with Crippen molar-refractivity contribution in [3.8, 4) is 0 Å². The van der Waals surface area contributed by atoms with Crippen LogP contribution in [0.5, 0.6) is 0 Å². The van der Waals surface area contributed by atoms with E-state index in [1.54, 1.807) is 6.92 Å². The summed E-state index contributed by atoms with van der Waals surface area (Å²) >= 11 is 0. The van der Waals surface area contributed by atoms with Gasteiger partial charge in [-0.3, -0.25) is 0 Å². The molecule has 0 bridgehead atoms. The molecule has 0 aliphatic carbocycles. The third-order valence-corrected chi connectivity index (χ3v) is 4.95. The first-order valence-electron chi connectivity index (χ1n) is 6.92. The molecule has 0 saturated carbocycles. The Morgan fingerprint density at radius 1 is 1.55 bits per heavy atom. The monoisotopic (exact) mass is 352 g/mol. The smallest absolute Gasteiger partial charge is 0.373 e. The summed E-state index contributed by atoms with van der Waals surface area (Å²) in [5.41, 5.74) is 0. The number of furan rings is 1. The number of carbonyl (C=O) groups excluding carboxylic acids is 1. The van der Waals surface area contributed by atoms with Gasteiger partial charge in [-0.25, -0.2) is 17.9 Å². The van der Waals surface area contributed by atoms with Crippen molar-refractivity contribution in [3.05, 3.63) is 17.6 Å². The first-order chi connectivity index (χ1) is 9.97. The van der Waals surface area contributed by atoms with Crippen LogP contribution in [0.2, 0.25) is 0 Å². The van der Waals surface area contributed by atoms with Crippen molar-refractivity contribution in [2.24, 2.45) is 0 Å². The summed E-state index contributed by atoms with van der Waals surface area (Å²) in [6, 6.07) is 1.08. The highest BCUT2D eigenvalue weighted by Gasteiger charge is 2.28. The number of methoxy groups -OCH3 is 1. The number of nitrogens with one attached hydrogen (secondary N) is 2. The minimum Gasteiger partial charge on any atom is -0.463 e. The lowest BCUT2D eigenvalue weighted by Gasteiger charge is -2.23. The second-order valence-electron chi connectivity index (χ2n) is 4.91.